The fourth-order valence-electron chi connectivity index (χ4n) is 2.91. The molecule has 0 spiro atoms. The standard InChI is InChI=1S/C18H18F3N3O3/c1-9(11-3-4-12(19)13(20)6-11)5-16-22-7-14(21)17(23-16)24-15(10(2)25)8-27-18(24)26/h3-4,6-7,9-10,15,25H,5,8H2,1-2H3/t9-,10-,15-/m1/s1. The van der Waals surface area contributed by atoms with E-state index in [1.54, 1.807) is 6.92 Å². The Morgan fingerprint density at radius 2 is 2.00 bits per heavy atom. The second-order valence-electron chi connectivity index (χ2n) is 6.49. The van der Waals surface area contributed by atoms with Crippen molar-refractivity contribution in [2.45, 2.75) is 38.3 Å². The molecule has 1 aromatic carbocycles. The summed E-state index contributed by atoms with van der Waals surface area (Å²) in [7, 11) is 0. The van der Waals surface area contributed by atoms with Crippen LogP contribution in [0.1, 0.15) is 31.2 Å². The quantitative estimate of drug-likeness (QED) is 0.862. The topological polar surface area (TPSA) is 75.6 Å². The van der Waals surface area contributed by atoms with Gasteiger partial charge in [0, 0.05) is 6.42 Å². The van der Waals surface area contributed by atoms with Crippen LogP contribution in [0.2, 0.25) is 0 Å². The van der Waals surface area contributed by atoms with Crippen LogP contribution in [-0.2, 0) is 11.2 Å². The maximum atomic E-state index is 14.2. The molecular weight excluding hydrogens is 363 g/mol. The van der Waals surface area contributed by atoms with E-state index in [2.05, 4.69) is 9.97 Å². The first-order chi connectivity index (χ1) is 12.8. The number of carbonyl (C=O) groups is 1. The molecule has 0 bridgehead atoms. The monoisotopic (exact) mass is 381 g/mol. The zero-order valence-electron chi connectivity index (χ0n) is 14.7. The molecule has 0 saturated carbocycles. The summed E-state index contributed by atoms with van der Waals surface area (Å²) in [6, 6.07) is 2.81. The molecule has 144 valence electrons. The van der Waals surface area contributed by atoms with Crippen LogP contribution in [0.15, 0.2) is 24.4 Å². The van der Waals surface area contributed by atoms with Crippen molar-refractivity contribution in [2.24, 2.45) is 0 Å². The number of hydrogen-bond donors (Lipinski definition) is 1. The number of rotatable bonds is 5. The molecule has 1 amide bonds. The molecule has 1 N–H and O–H groups in total. The van der Waals surface area contributed by atoms with E-state index in [0.717, 1.165) is 23.2 Å². The van der Waals surface area contributed by atoms with Crippen LogP contribution in [0.4, 0.5) is 23.8 Å². The smallest absolute Gasteiger partial charge is 0.416 e. The van der Waals surface area contributed by atoms with Gasteiger partial charge in [0.05, 0.1) is 12.3 Å². The summed E-state index contributed by atoms with van der Waals surface area (Å²) in [5.41, 5.74) is 0.533. The number of aliphatic hydroxyl groups excluding tert-OH is 1. The van der Waals surface area contributed by atoms with Gasteiger partial charge < -0.3 is 9.84 Å². The van der Waals surface area contributed by atoms with Crippen molar-refractivity contribution >= 4 is 11.9 Å². The van der Waals surface area contributed by atoms with Crippen molar-refractivity contribution in [1.82, 2.24) is 9.97 Å². The SMILES string of the molecule is C[C@H](Cc1ncc(F)c(N2C(=O)OC[C@@H]2[C@@H](C)O)n1)c1ccc(F)c(F)c1. The van der Waals surface area contributed by atoms with Gasteiger partial charge in [0.2, 0.25) is 0 Å². The average Bonchev–Trinajstić information content (AvgIpc) is 3.00. The lowest BCUT2D eigenvalue weighted by atomic mass is 9.97. The van der Waals surface area contributed by atoms with Gasteiger partial charge in [-0.15, -0.1) is 0 Å². The number of carbonyl (C=O) groups excluding carboxylic acids is 1. The first kappa shape index (κ1) is 19.1. The van der Waals surface area contributed by atoms with Crippen LogP contribution in [0.25, 0.3) is 0 Å². The molecule has 1 aliphatic heterocycles. The Bertz CT molecular complexity index is 863. The number of aliphatic hydroxyl groups is 1. The van der Waals surface area contributed by atoms with Crippen molar-refractivity contribution in [3.8, 4) is 0 Å². The third-order valence-electron chi connectivity index (χ3n) is 4.47. The summed E-state index contributed by atoms with van der Waals surface area (Å²) in [5.74, 6) is -3.08. The highest BCUT2D eigenvalue weighted by molar-refractivity contribution is 5.89. The summed E-state index contributed by atoms with van der Waals surface area (Å²) in [6.07, 6.45) is -0.616. The van der Waals surface area contributed by atoms with E-state index in [-0.39, 0.29) is 30.6 Å². The zero-order chi connectivity index (χ0) is 19.7. The summed E-state index contributed by atoms with van der Waals surface area (Å²) < 4.78 is 45.6. The molecule has 27 heavy (non-hydrogen) atoms. The molecular formula is C18H18F3N3O3. The molecule has 1 aromatic heterocycles. The van der Waals surface area contributed by atoms with E-state index < -0.39 is 35.7 Å². The average molecular weight is 381 g/mol. The normalized spacial score (nSPS) is 19.1. The minimum absolute atomic E-state index is 0.0828. The number of nitrogens with zero attached hydrogens (tertiary/aromatic N) is 3. The van der Waals surface area contributed by atoms with Crippen LogP contribution < -0.4 is 4.90 Å². The van der Waals surface area contributed by atoms with Crippen molar-refractivity contribution < 1.29 is 27.8 Å². The van der Waals surface area contributed by atoms with E-state index in [1.165, 1.54) is 13.0 Å². The Labute approximate surface area is 153 Å². The molecule has 0 unspecified atom stereocenters. The largest absolute Gasteiger partial charge is 0.447 e. The van der Waals surface area contributed by atoms with Gasteiger partial charge in [-0.2, -0.15) is 0 Å². The van der Waals surface area contributed by atoms with Gasteiger partial charge in [-0.05, 0) is 30.5 Å². The second-order valence-corrected chi connectivity index (χ2v) is 6.49. The summed E-state index contributed by atoms with van der Waals surface area (Å²) in [6.45, 7) is 3.15. The van der Waals surface area contributed by atoms with Crippen LogP contribution in [0.3, 0.4) is 0 Å². The minimum atomic E-state index is -0.959. The van der Waals surface area contributed by atoms with E-state index in [9.17, 15) is 23.1 Å². The highest BCUT2D eigenvalue weighted by Crippen LogP contribution is 2.27. The molecule has 3 rings (SSSR count). The summed E-state index contributed by atoms with van der Waals surface area (Å²) >= 11 is 0. The number of aromatic nitrogens is 2. The first-order valence-corrected chi connectivity index (χ1v) is 8.38. The fourth-order valence-corrected chi connectivity index (χ4v) is 2.91. The van der Waals surface area contributed by atoms with Gasteiger partial charge >= 0.3 is 6.09 Å². The molecule has 0 radical (unpaired) electrons. The number of ether oxygens (including phenoxy) is 1. The lowest BCUT2D eigenvalue weighted by Crippen LogP contribution is -2.42. The lowest BCUT2D eigenvalue weighted by Gasteiger charge is -2.23. The van der Waals surface area contributed by atoms with E-state index in [0.29, 0.717) is 5.56 Å². The molecule has 1 aliphatic rings. The maximum absolute atomic E-state index is 14.2. The van der Waals surface area contributed by atoms with Gasteiger partial charge in [0.1, 0.15) is 18.5 Å². The van der Waals surface area contributed by atoms with Gasteiger partial charge in [-0.3, -0.25) is 0 Å². The number of benzene rings is 1. The Balaban J connectivity index is 1.86. The second kappa shape index (κ2) is 7.51. The number of amides is 1. The Morgan fingerprint density at radius 1 is 1.26 bits per heavy atom. The Hall–Kier alpha value is -2.68. The van der Waals surface area contributed by atoms with Crippen molar-refractivity contribution in [1.29, 1.82) is 0 Å². The lowest BCUT2D eigenvalue weighted by molar-refractivity contribution is 0.142. The van der Waals surface area contributed by atoms with Gasteiger partial charge in [0.15, 0.2) is 23.3 Å². The third-order valence-corrected chi connectivity index (χ3v) is 4.47. The Morgan fingerprint density at radius 3 is 2.67 bits per heavy atom. The molecule has 1 saturated heterocycles. The fraction of sp³-hybridized carbons (Fsp3) is 0.389. The van der Waals surface area contributed by atoms with Crippen LogP contribution in [0, 0.1) is 17.5 Å². The summed E-state index contributed by atoms with van der Waals surface area (Å²) in [4.78, 5) is 20.9. The molecule has 3 atom stereocenters. The van der Waals surface area contributed by atoms with E-state index in [1.807, 2.05) is 0 Å². The van der Waals surface area contributed by atoms with E-state index in [4.69, 9.17) is 4.74 Å². The molecule has 2 aromatic rings. The Kier molecular flexibility index (Phi) is 5.31. The highest BCUT2D eigenvalue weighted by atomic mass is 19.2. The molecule has 6 nitrogen and oxygen atoms in total. The molecule has 0 aliphatic carbocycles. The van der Waals surface area contributed by atoms with Crippen molar-refractivity contribution in [3.63, 3.8) is 0 Å². The van der Waals surface area contributed by atoms with E-state index >= 15 is 0 Å². The predicted molar refractivity (Wildman–Crippen MR) is 89.8 cm³/mol. The maximum Gasteiger partial charge on any atom is 0.416 e. The van der Waals surface area contributed by atoms with Crippen LogP contribution in [0.5, 0.6) is 0 Å². The predicted octanol–water partition coefficient (Wildman–Crippen LogP) is 2.95. The number of anilines is 1. The number of halogens is 3. The van der Waals surface area contributed by atoms with Gasteiger partial charge in [-0.25, -0.2) is 32.8 Å². The number of cyclic esters (lactones) is 1. The molecule has 9 heteroatoms. The zero-order valence-corrected chi connectivity index (χ0v) is 14.7. The van der Waals surface area contributed by atoms with Crippen LogP contribution in [-0.4, -0.2) is 39.9 Å². The number of hydrogen-bond acceptors (Lipinski definition) is 5. The minimum Gasteiger partial charge on any atom is -0.447 e. The summed E-state index contributed by atoms with van der Waals surface area (Å²) in [5, 5.41) is 9.80. The van der Waals surface area contributed by atoms with Gasteiger partial charge in [0.25, 0.3) is 0 Å². The third kappa shape index (κ3) is 3.87. The van der Waals surface area contributed by atoms with Gasteiger partial charge in [-0.1, -0.05) is 13.0 Å². The molecule has 1 fully saturated rings. The first-order valence-electron chi connectivity index (χ1n) is 8.38. The highest BCUT2D eigenvalue weighted by Gasteiger charge is 2.39. The molecule has 2 heterocycles. The van der Waals surface area contributed by atoms with Crippen LogP contribution >= 0.6 is 0 Å². The van der Waals surface area contributed by atoms with Crippen molar-refractivity contribution in [2.75, 3.05) is 11.5 Å². The van der Waals surface area contributed by atoms with Crippen molar-refractivity contribution in [3.05, 3.63) is 53.2 Å².